The zero-order valence-corrected chi connectivity index (χ0v) is 14.3. The van der Waals surface area contributed by atoms with Crippen LogP contribution < -0.4 is 0 Å². The maximum atomic E-state index is 9.74. The van der Waals surface area contributed by atoms with Gasteiger partial charge in [-0.1, -0.05) is 7.43 Å². The molecule has 0 amide bonds. The fourth-order valence-electron chi connectivity index (χ4n) is 0.167. The number of hydrogen-bond donors (Lipinski definition) is 0. The molecule has 0 spiro atoms. The molecule has 0 unspecified atom stereocenters. The van der Waals surface area contributed by atoms with Gasteiger partial charge in [-0.2, -0.15) is 9.59 Å². The van der Waals surface area contributed by atoms with Crippen LogP contribution in [0.5, 0.6) is 0 Å². The molecule has 0 rings (SSSR count). The Kier molecular flexibility index (Phi) is 60.1. The summed E-state index contributed by atoms with van der Waals surface area (Å²) in [6.45, 7) is 6.76. The van der Waals surface area contributed by atoms with Crippen molar-refractivity contribution in [2.24, 2.45) is 0 Å². The smallest absolute Gasteiger partial charge is 0.438 e. The number of Topliss-reactive ketones (excluding diaryl/α,β-unsaturated/α-hetero) is 1. The van der Waals surface area contributed by atoms with Gasteiger partial charge in [-0.15, -0.1) is 0 Å². The lowest BCUT2D eigenvalue weighted by atomic mass is 10.4. The summed E-state index contributed by atoms with van der Waals surface area (Å²) >= 11 is 0. The Bertz CT molecular complexity index is 254. The molecular weight excluding hydrogens is 316 g/mol. The first kappa shape index (κ1) is 42.9. The normalized spacial score (nSPS) is 6.96. The van der Waals surface area contributed by atoms with Crippen molar-refractivity contribution in [3.8, 4) is 0 Å². The highest BCUT2D eigenvalue weighted by molar-refractivity contribution is 5.72. The van der Waals surface area contributed by atoms with Crippen LogP contribution in [0.2, 0.25) is 0 Å². The molecule has 144 valence electrons. The first-order valence-corrected chi connectivity index (χ1v) is 5.27. The van der Waals surface area contributed by atoms with Crippen LogP contribution in [-0.4, -0.2) is 63.3 Å². The Morgan fingerprint density at radius 2 is 1.00 bits per heavy atom. The minimum atomic E-state index is -0.657. The Morgan fingerprint density at radius 1 is 0.826 bits per heavy atom. The Balaban J connectivity index is -0.0000000297. The standard InChI is InChI=1S/C5H12O2.C3H6O3.C3H6O.CO2.CH4.2H2O/c1-5(2,6-3)7-4;1-5-3(4)6-2;1-3(2)4;2-1-3;;;/h1-4H3;1-2H3;1-2H3;;1H4;2*1H2. The Labute approximate surface area is 137 Å². The van der Waals surface area contributed by atoms with E-state index in [9.17, 15) is 9.59 Å². The van der Waals surface area contributed by atoms with Crippen LogP contribution in [0.3, 0.4) is 0 Å². The number of carbonyl (C=O) groups is 2. The van der Waals surface area contributed by atoms with Crippen molar-refractivity contribution in [2.45, 2.75) is 40.9 Å². The van der Waals surface area contributed by atoms with Crippen molar-refractivity contribution < 1.29 is 49.1 Å². The molecule has 0 aliphatic carbocycles. The van der Waals surface area contributed by atoms with Crippen LogP contribution in [0, 0.1) is 0 Å². The molecule has 0 heterocycles. The third-order valence-electron chi connectivity index (χ3n) is 1.32. The van der Waals surface area contributed by atoms with Gasteiger partial charge in [-0.05, 0) is 27.7 Å². The summed E-state index contributed by atoms with van der Waals surface area (Å²) in [4.78, 5) is 35.4. The van der Waals surface area contributed by atoms with Crippen LogP contribution >= 0.6 is 0 Å². The lowest BCUT2D eigenvalue weighted by molar-refractivity contribution is -0.191. The summed E-state index contributed by atoms with van der Waals surface area (Å²) in [5.41, 5.74) is 0. The Hall–Kier alpha value is -1.84. The van der Waals surface area contributed by atoms with E-state index in [1.807, 2.05) is 13.8 Å². The van der Waals surface area contributed by atoms with Crippen molar-refractivity contribution in [3.05, 3.63) is 0 Å². The molecule has 0 aromatic rings. The van der Waals surface area contributed by atoms with Gasteiger partial charge in [0.1, 0.15) is 5.78 Å². The molecule has 0 aromatic carbocycles. The van der Waals surface area contributed by atoms with Crippen molar-refractivity contribution in [2.75, 3.05) is 28.4 Å². The zero-order chi connectivity index (χ0) is 17.2. The molecule has 0 aliphatic heterocycles. The number of ether oxygens (including phenoxy) is 4. The molecule has 4 N–H and O–H groups in total. The lowest BCUT2D eigenvalue weighted by Crippen LogP contribution is -2.24. The SMILES string of the molecule is C.CC(C)=O.COC(=O)OC.COC(C)(C)OC.O.O.O=C=O. The van der Waals surface area contributed by atoms with E-state index in [-0.39, 0.29) is 30.3 Å². The van der Waals surface area contributed by atoms with Crippen molar-refractivity contribution in [1.29, 1.82) is 0 Å². The van der Waals surface area contributed by atoms with E-state index in [4.69, 9.17) is 19.1 Å². The number of ketones is 1. The number of methoxy groups -OCH3 is 4. The van der Waals surface area contributed by atoms with E-state index in [2.05, 4.69) is 9.47 Å². The van der Waals surface area contributed by atoms with E-state index in [1.165, 1.54) is 28.1 Å². The molecule has 0 fully saturated rings. The second-order valence-electron chi connectivity index (χ2n) is 3.46. The summed E-state index contributed by atoms with van der Waals surface area (Å²) in [5, 5.41) is 0. The maximum absolute atomic E-state index is 9.74. The second-order valence-corrected chi connectivity index (χ2v) is 3.46. The quantitative estimate of drug-likeness (QED) is 0.510. The predicted molar refractivity (Wildman–Crippen MR) is 82.8 cm³/mol. The predicted octanol–water partition coefficient (Wildman–Crippen LogP) is 0.413. The van der Waals surface area contributed by atoms with Gasteiger partial charge in [0.25, 0.3) is 0 Å². The zero-order valence-electron chi connectivity index (χ0n) is 14.3. The minimum Gasteiger partial charge on any atom is -0.438 e. The topological polar surface area (TPSA) is 168 Å². The van der Waals surface area contributed by atoms with Gasteiger partial charge in [-0.25, -0.2) is 4.79 Å². The summed E-state index contributed by atoms with van der Waals surface area (Å²) in [6, 6.07) is 0. The van der Waals surface area contributed by atoms with Gasteiger partial charge in [-0.3, -0.25) is 0 Å². The molecule has 23 heavy (non-hydrogen) atoms. The maximum Gasteiger partial charge on any atom is 0.507 e. The molecular formula is C13H32O10. The summed E-state index contributed by atoms with van der Waals surface area (Å²) < 4.78 is 17.8. The van der Waals surface area contributed by atoms with Gasteiger partial charge in [0.15, 0.2) is 5.79 Å². The molecule has 0 saturated heterocycles. The molecule has 0 atom stereocenters. The van der Waals surface area contributed by atoms with E-state index in [0.29, 0.717) is 0 Å². The monoisotopic (exact) mass is 348 g/mol. The molecule has 0 aliphatic rings. The second kappa shape index (κ2) is 32.2. The van der Waals surface area contributed by atoms with Gasteiger partial charge in [0.05, 0.1) is 14.2 Å². The van der Waals surface area contributed by atoms with E-state index >= 15 is 0 Å². The van der Waals surface area contributed by atoms with Gasteiger partial charge < -0.3 is 34.7 Å². The average Bonchev–Trinajstić information content (AvgIpc) is 2.38. The van der Waals surface area contributed by atoms with Crippen molar-refractivity contribution in [1.82, 2.24) is 0 Å². The molecule has 10 nitrogen and oxygen atoms in total. The van der Waals surface area contributed by atoms with E-state index in [0.717, 1.165) is 0 Å². The number of carbonyl (C=O) groups excluding carboxylic acids is 4. The lowest BCUT2D eigenvalue weighted by Gasteiger charge is -2.19. The van der Waals surface area contributed by atoms with Crippen LogP contribution in [0.1, 0.15) is 35.1 Å². The van der Waals surface area contributed by atoms with Crippen LogP contribution in [0.4, 0.5) is 4.79 Å². The largest absolute Gasteiger partial charge is 0.507 e. The van der Waals surface area contributed by atoms with Gasteiger partial charge >= 0.3 is 12.3 Å². The minimum absolute atomic E-state index is 0. The van der Waals surface area contributed by atoms with E-state index in [1.54, 1.807) is 14.2 Å². The van der Waals surface area contributed by atoms with Gasteiger partial charge in [0.2, 0.25) is 0 Å². The number of hydrogen-bond acceptors (Lipinski definition) is 8. The molecule has 0 radical (unpaired) electrons. The molecule has 0 saturated carbocycles. The van der Waals surface area contributed by atoms with Crippen molar-refractivity contribution >= 4 is 18.1 Å². The first-order chi connectivity index (χ1) is 9.08. The highest BCUT2D eigenvalue weighted by Crippen LogP contribution is 2.05. The highest BCUT2D eigenvalue weighted by Gasteiger charge is 2.11. The third kappa shape index (κ3) is 99.8. The molecule has 0 aromatic heterocycles. The molecule has 10 heteroatoms. The van der Waals surface area contributed by atoms with Crippen LogP contribution in [0.15, 0.2) is 0 Å². The van der Waals surface area contributed by atoms with E-state index < -0.39 is 11.9 Å². The molecule has 0 bridgehead atoms. The first-order valence-electron chi connectivity index (χ1n) is 5.27. The highest BCUT2D eigenvalue weighted by atomic mass is 16.7. The fourth-order valence-corrected chi connectivity index (χ4v) is 0.167. The van der Waals surface area contributed by atoms with Crippen LogP contribution in [-0.2, 0) is 33.3 Å². The average molecular weight is 348 g/mol. The third-order valence-corrected chi connectivity index (χ3v) is 1.32. The summed E-state index contributed by atoms with van der Waals surface area (Å²) in [7, 11) is 5.74. The number of rotatable bonds is 2. The van der Waals surface area contributed by atoms with Crippen molar-refractivity contribution in [3.63, 3.8) is 0 Å². The van der Waals surface area contributed by atoms with Gasteiger partial charge in [0, 0.05) is 14.2 Å². The summed E-state index contributed by atoms with van der Waals surface area (Å²) in [5.74, 6) is -0.250. The summed E-state index contributed by atoms with van der Waals surface area (Å²) in [6.07, 6.45) is -0.407. The Morgan fingerprint density at radius 3 is 1.00 bits per heavy atom. The fraction of sp³-hybridized carbons (Fsp3) is 0.769. The van der Waals surface area contributed by atoms with Crippen LogP contribution in [0.25, 0.3) is 0 Å².